The van der Waals surface area contributed by atoms with E-state index in [1.54, 1.807) is 6.07 Å². The van der Waals surface area contributed by atoms with E-state index in [9.17, 15) is 5.11 Å². The molecule has 0 spiro atoms. The van der Waals surface area contributed by atoms with Crippen LogP contribution in [0.4, 0.5) is 0 Å². The first-order chi connectivity index (χ1) is 19.7. The molecule has 4 nitrogen and oxygen atoms in total. The van der Waals surface area contributed by atoms with E-state index < -0.39 is 0 Å². The summed E-state index contributed by atoms with van der Waals surface area (Å²) in [6.45, 7) is 13.2. The zero-order chi connectivity index (χ0) is 28.9. The Morgan fingerprint density at radius 1 is 0.810 bits per heavy atom. The first kappa shape index (κ1) is 29.7. The van der Waals surface area contributed by atoms with Crippen molar-refractivity contribution in [3.8, 4) is 22.7 Å². The molecular weight excluding hydrogens is 698 g/mol. The number of pyridine rings is 2. The maximum atomic E-state index is 10.9. The number of aromatic hydroxyl groups is 1. The number of hydrogen-bond acceptors (Lipinski definition) is 3. The summed E-state index contributed by atoms with van der Waals surface area (Å²) >= 11 is 0. The Labute approximate surface area is 262 Å². The van der Waals surface area contributed by atoms with Crippen LogP contribution in [0.1, 0.15) is 75.8 Å². The van der Waals surface area contributed by atoms with Gasteiger partial charge in [0.1, 0.15) is 11.4 Å². The molecule has 6 rings (SSSR count). The van der Waals surface area contributed by atoms with Gasteiger partial charge in [-0.15, -0.1) is 35.4 Å². The van der Waals surface area contributed by atoms with Gasteiger partial charge in [0.25, 0.3) is 0 Å². The molecule has 0 aliphatic heterocycles. The summed E-state index contributed by atoms with van der Waals surface area (Å²) in [5.74, 6) is 0.875. The normalized spacial score (nSPS) is 11.9. The molecule has 0 radical (unpaired) electrons. The number of benzene rings is 3. The Hall–Kier alpha value is -3.75. The van der Waals surface area contributed by atoms with Gasteiger partial charge in [-0.1, -0.05) is 77.4 Å². The Balaban J connectivity index is 0.00000353. The Bertz CT molecular complexity index is 1890. The number of fused-ring (bicyclic) bond motifs is 3. The van der Waals surface area contributed by atoms with Gasteiger partial charge in [-0.2, -0.15) is 0 Å². The van der Waals surface area contributed by atoms with Crippen LogP contribution in [0.25, 0.3) is 38.9 Å². The molecular formula is C37H36N3OPt-. The predicted molar refractivity (Wildman–Crippen MR) is 169 cm³/mol. The van der Waals surface area contributed by atoms with Gasteiger partial charge < -0.3 is 5.11 Å². The molecule has 0 aliphatic carbocycles. The number of nitrogens with zero attached hydrogens (tertiary/aromatic N) is 3. The molecule has 0 bridgehead atoms. The van der Waals surface area contributed by atoms with Gasteiger partial charge in [0.2, 0.25) is 0 Å². The maximum absolute atomic E-state index is 10.9. The third-order valence-corrected chi connectivity index (χ3v) is 8.24. The largest absolute Gasteiger partial charge is 0.506 e. The first-order valence-electron chi connectivity index (χ1n) is 14.4. The van der Waals surface area contributed by atoms with Crippen molar-refractivity contribution in [1.82, 2.24) is 14.5 Å². The number of phenols is 1. The van der Waals surface area contributed by atoms with E-state index in [0.717, 1.165) is 50.1 Å². The average molecular weight is 734 g/mol. The summed E-state index contributed by atoms with van der Waals surface area (Å²) in [7, 11) is 0. The van der Waals surface area contributed by atoms with Crippen LogP contribution >= 0.6 is 0 Å². The topological polar surface area (TPSA) is 50.9 Å². The molecule has 42 heavy (non-hydrogen) atoms. The van der Waals surface area contributed by atoms with Crippen LogP contribution in [0.5, 0.6) is 5.75 Å². The molecule has 5 heteroatoms. The van der Waals surface area contributed by atoms with Crippen LogP contribution in [0, 0.1) is 6.07 Å². The Morgan fingerprint density at radius 2 is 1.57 bits per heavy atom. The molecule has 0 atom stereocenters. The minimum Gasteiger partial charge on any atom is -0.506 e. The molecule has 0 saturated heterocycles. The van der Waals surface area contributed by atoms with Gasteiger partial charge in [0.15, 0.2) is 0 Å². The summed E-state index contributed by atoms with van der Waals surface area (Å²) in [4.78, 5) is 10.0. The molecule has 6 aromatic rings. The number of aromatic nitrogens is 3. The van der Waals surface area contributed by atoms with E-state index in [-0.39, 0.29) is 38.1 Å². The Kier molecular flexibility index (Phi) is 8.14. The smallest absolute Gasteiger partial charge is 0.139 e. The maximum Gasteiger partial charge on any atom is 0.139 e. The van der Waals surface area contributed by atoms with Crippen molar-refractivity contribution in [1.29, 1.82) is 0 Å². The quantitative estimate of drug-likeness (QED) is 0.174. The summed E-state index contributed by atoms with van der Waals surface area (Å²) in [6.07, 6.45) is 1.84. The van der Waals surface area contributed by atoms with Crippen molar-refractivity contribution >= 4 is 21.9 Å². The number of phenolic OH excluding ortho intramolecular Hbond substituents is 1. The fourth-order valence-corrected chi connectivity index (χ4v) is 5.72. The van der Waals surface area contributed by atoms with Crippen LogP contribution in [-0.4, -0.2) is 19.6 Å². The van der Waals surface area contributed by atoms with Gasteiger partial charge >= 0.3 is 0 Å². The number of para-hydroxylation sites is 2. The Morgan fingerprint density at radius 3 is 2.26 bits per heavy atom. The third kappa shape index (κ3) is 5.07. The van der Waals surface area contributed by atoms with Crippen molar-refractivity contribution < 1.29 is 26.2 Å². The monoisotopic (exact) mass is 733 g/mol. The second-order valence-electron chi connectivity index (χ2n) is 12.0. The molecule has 216 valence electrons. The molecule has 0 fully saturated rings. The SMILES string of the molecule is CC(C)c1ccc2c(c1)c1cc(C(C)C)c(-c3[c-]c(C(C)(C)c4ccccn4)ccc3)nc1n2-c1ccccc1O.[Pt]. The van der Waals surface area contributed by atoms with Crippen molar-refractivity contribution in [3.05, 3.63) is 120 Å². The van der Waals surface area contributed by atoms with E-state index >= 15 is 0 Å². The summed E-state index contributed by atoms with van der Waals surface area (Å²) < 4.78 is 2.10. The third-order valence-electron chi connectivity index (χ3n) is 8.24. The molecule has 3 aromatic carbocycles. The van der Waals surface area contributed by atoms with Crippen molar-refractivity contribution in [3.63, 3.8) is 0 Å². The van der Waals surface area contributed by atoms with E-state index in [1.807, 2.05) is 36.5 Å². The first-order valence-corrected chi connectivity index (χ1v) is 14.4. The van der Waals surface area contributed by atoms with E-state index in [4.69, 9.17) is 4.98 Å². The van der Waals surface area contributed by atoms with Gasteiger partial charge in [-0.3, -0.25) is 14.5 Å². The molecule has 1 N–H and O–H groups in total. The minimum absolute atomic E-state index is 0. The van der Waals surface area contributed by atoms with Crippen molar-refractivity contribution in [2.75, 3.05) is 0 Å². The van der Waals surface area contributed by atoms with Crippen LogP contribution in [0.2, 0.25) is 0 Å². The van der Waals surface area contributed by atoms with Gasteiger partial charge in [0.05, 0.1) is 11.2 Å². The summed E-state index contributed by atoms with van der Waals surface area (Å²) in [6, 6.07) is 32.5. The zero-order valence-corrected chi connectivity index (χ0v) is 27.2. The van der Waals surface area contributed by atoms with Crippen LogP contribution < -0.4 is 0 Å². The number of rotatable bonds is 6. The molecule has 0 saturated carbocycles. The van der Waals surface area contributed by atoms with Crippen LogP contribution in [0.3, 0.4) is 0 Å². The molecule has 0 unspecified atom stereocenters. The van der Waals surface area contributed by atoms with Gasteiger partial charge in [-0.05, 0) is 59.5 Å². The fraction of sp³-hybridized carbons (Fsp3) is 0.243. The van der Waals surface area contributed by atoms with E-state index in [2.05, 4.69) is 106 Å². The standard InChI is InChI=1S/C37H36N3O.Pt/c1-23(2)25-17-18-31-29(21-25)30-22-28(24(3)4)35(39-36(30)40(31)32-14-7-8-15-33(32)41)26-12-11-13-27(20-26)37(5,6)34-16-9-10-19-38-34;/h7-19,21-24,41H,1-6H3;/q-1;. The van der Waals surface area contributed by atoms with Crippen LogP contribution in [-0.2, 0) is 26.5 Å². The molecule has 0 aliphatic rings. The van der Waals surface area contributed by atoms with Gasteiger partial charge in [0, 0.05) is 49.1 Å². The second-order valence-corrected chi connectivity index (χ2v) is 12.0. The molecule has 0 amide bonds. The average Bonchev–Trinajstić information content (AvgIpc) is 3.29. The predicted octanol–water partition coefficient (Wildman–Crippen LogP) is 9.32. The van der Waals surface area contributed by atoms with E-state index in [0.29, 0.717) is 5.92 Å². The fourth-order valence-electron chi connectivity index (χ4n) is 5.72. The zero-order valence-electron chi connectivity index (χ0n) is 24.9. The van der Waals surface area contributed by atoms with Gasteiger partial charge in [-0.25, -0.2) is 0 Å². The minimum atomic E-state index is -0.322. The van der Waals surface area contributed by atoms with Crippen LogP contribution in [0.15, 0.2) is 91.1 Å². The molecule has 3 aromatic heterocycles. The molecule has 3 heterocycles. The second kappa shape index (κ2) is 11.5. The summed E-state index contributed by atoms with van der Waals surface area (Å²) in [5, 5.41) is 13.2. The summed E-state index contributed by atoms with van der Waals surface area (Å²) in [5.41, 5.74) is 8.63. The number of hydrogen-bond donors (Lipinski definition) is 1. The van der Waals surface area contributed by atoms with Crippen molar-refractivity contribution in [2.24, 2.45) is 0 Å². The van der Waals surface area contributed by atoms with E-state index in [1.165, 1.54) is 11.1 Å². The van der Waals surface area contributed by atoms with Crippen molar-refractivity contribution in [2.45, 2.75) is 58.8 Å².